The largest absolute Gasteiger partial charge is 0.368 e. The number of carbonyl (C=O) groups excluding carboxylic acids is 6. The van der Waals surface area contributed by atoms with Crippen LogP contribution in [0, 0.1) is 0 Å². The molecule has 6 aromatic rings. The van der Waals surface area contributed by atoms with E-state index in [1.807, 2.05) is 148 Å². The van der Waals surface area contributed by atoms with Crippen molar-refractivity contribution in [3.05, 3.63) is 167 Å². The molecule has 7 N–H and O–H groups in total. The van der Waals surface area contributed by atoms with Crippen LogP contribution in [0.15, 0.2) is 134 Å². The maximum atomic E-state index is 15.3. The quantitative estimate of drug-likeness (QED) is 0.0514. The van der Waals surface area contributed by atoms with Crippen molar-refractivity contribution in [2.45, 2.75) is 78.0 Å². The van der Waals surface area contributed by atoms with Gasteiger partial charge in [-0.05, 0) is 49.9 Å². The smallest absolute Gasteiger partial charge is 0.243 e. The van der Waals surface area contributed by atoms with Gasteiger partial charge in [0, 0.05) is 13.1 Å². The van der Waals surface area contributed by atoms with Gasteiger partial charge in [0.25, 0.3) is 0 Å². The van der Waals surface area contributed by atoms with Gasteiger partial charge in [0.15, 0.2) is 23.8 Å². The van der Waals surface area contributed by atoms with Crippen molar-refractivity contribution in [3.63, 3.8) is 0 Å². The fraction of sp³-hybridized carbons (Fsp3) is 0.393. The van der Waals surface area contributed by atoms with Crippen LogP contribution in [0.2, 0.25) is 0 Å². The third kappa shape index (κ3) is 15.9. The Morgan fingerprint density at radius 3 is 1.22 bits per heavy atom. The van der Waals surface area contributed by atoms with Gasteiger partial charge in [-0.1, -0.05) is 121 Å². The molecule has 21 nitrogen and oxygen atoms in total. The summed E-state index contributed by atoms with van der Waals surface area (Å²) in [4.78, 5) is 94.3. The number of rotatable bonds is 28. The molecule has 2 aromatic heterocycles. The van der Waals surface area contributed by atoms with Crippen molar-refractivity contribution in [2.24, 2.45) is 31.3 Å². The van der Waals surface area contributed by atoms with Gasteiger partial charge in [0.1, 0.15) is 53.4 Å². The van der Waals surface area contributed by atoms with Crippen molar-refractivity contribution in [2.75, 3.05) is 52.4 Å². The zero-order valence-corrected chi connectivity index (χ0v) is 45.1. The van der Waals surface area contributed by atoms with Gasteiger partial charge in [-0.25, -0.2) is 0 Å². The minimum absolute atomic E-state index is 0.115. The van der Waals surface area contributed by atoms with E-state index in [1.54, 1.807) is 45.8 Å². The predicted octanol–water partition coefficient (Wildman–Crippen LogP) is 1.61. The fourth-order valence-electron chi connectivity index (χ4n) is 9.19. The summed E-state index contributed by atoms with van der Waals surface area (Å²) in [6, 6.07) is 34.5. The first-order valence-electron chi connectivity index (χ1n) is 25.9. The first-order valence-corrected chi connectivity index (χ1v) is 25.9. The third-order valence-electron chi connectivity index (χ3n) is 13.8. The normalized spacial score (nSPS) is 12.7. The molecular formula is C56H75N15O6+2. The summed E-state index contributed by atoms with van der Waals surface area (Å²) in [6.07, 6.45) is 3.60. The number of nitrogens with two attached hydrogens (primary N) is 3. The molecule has 0 radical (unpaired) electrons. The van der Waals surface area contributed by atoms with Crippen LogP contribution >= 0.6 is 0 Å². The van der Waals surface area contributed by atoms with E-state index in [-0.39, 0.29) is 19.0 Å². The van der Waals surface area contributed by atoms with E-state index < -0.39 is 86.4 Å². The summed E-state index contributed by atoms with van der Waals surface area (Å²) >= 11 is 0. The molecule has 2 heterocycles. The van der Waals surface area contributed by atoms with Crippen molar-refractivity contribution in [3.8, 4) is 0 Å². The van der Waals surface area contributed by atoms with E-state index >= 15 is 14.4 Å². The predicted molar refractivity (Wildman–Crippen MR) is 288 cm³/mol. The second kappa shape index (κ2) is 28.1. The Bertz CT molecular complexity index is 2880. The van der Waals surface area contributed by atoms with E-state index in [0.29, 0.717) is 38.4 Å². The Kier molecular flexibility index (Phi) is 21.2. The Morgan fingerprint density at radius 2 is 0.831 bits per heavy atom. The number of aryl methyl sites for hydroxylation is 2. The van der Waals surface area contributed by atoms with Crippen LogP contribution in [-0.2, 0) is 69.0 Å². The monoisotopic (exact) mass is 1050 g/mol. The molecule has 0 saturated carbocycles. The minimum atomic E-state index is -0.727. The summed E-state index contributed by atoms with van der Waals surface area (Å²) in [5.41, 5.74) is 21.8. The van der Waals surface area contributed by atoms with E-state index in [4.69, 9.17) is 17.2 Å². The SMILES string of the molecule is C[C@H](c1ccccc1)N(CC(N)=O)C(=O)CN(C(=O)CN(Cc1c[n+](CCN)nn1C)C(=O)CN(C(=O)CN(C(=O)CNCc1c[n+](CCN)nn1C)[C@H](C)c1ccccc1)[C@H](C)c1ccccc1)[C@H](C)c1ccccc1. The van der Waals surface area contributed by atoms with Crippen LogP contribution in [-0.4, -0.2) is 132 Å². The summed E-state index contributed by atoms with van der Waals surface area (Å²) in [5.74, 6) is -3.30. The first kappa shape index (κ1) is 58.1. The standard InChI is InChI=1S/C56H74N15O6/c1-41(45-19-11-7-12-20-45)68(36-51(59)72)55(76)40-71(44(4)48-25-17-10-18-26-48)54(75)37-65(33-50-35-67(30-28-58)62-64(50)6)53(74)38-70(43(3)47-23-15-9-16-24-47)56(77)39-69(42(2)46-21-13-8-14-22-46)52(73)32-60-31-49-34-66(29-27-57)61-63(49)5/h7-26,34-35,41-44,60H,27-33,36-40,57-58H2,1-6H3,(H-,59,72)/q+1/p+1/t41-,42-,43-,44-/m1/s1. The highest BCUT2D eigenvalue weighted by Gasteiger charge is 2.35. The van der Waals surface area contributed by atoms with E-state index in [0.717, 1.165) is 27.9 Å². The Labute approximate surface area is 450 Å². The number of hydrogen-bond donors (Lipinski definition) is 4. The van der Waals surface area contributed by atoms with Crippen molar-refractivity contribution in [1.29, 1.82) is 0 Å². The van der Waals surface area contributed by atoms with Gasteiger partial charge >= 0.3 is 0 Å². The molecule has 0 spiro atoms. The molecule has 0 bridgehead atoms. The van der Waals surface area contributed by atoms with Gasteiger partial charge in [-0.3, -0.25) is 28.8 Å². The number of primary amides is 1. The van der Waals surface area contributed by atoms with E-state index in [2.05, 4.69) is 15.7 Å². The molecule has 21 heteroatoms. The maximum absolute atomic E-state index is 15.3. The molecule has 0 aliphatic heterocycles. The average molecular weight is 1050 g/mol. The third-order valence-corrected chi connectivity index (χ3v) is 13.8. The lowest BCUT2D eigenvalue weighted by Crippen LogP contribution is -2.52. The second-order valence-electron chi connectivity index (χ2n) is 19.1. The lowest BCUT2D eigenvalue weighted by Gasteiger charge is -2.36. The van der Waals surface area contributed by atoms with Crippen LogP contribution in [0.1, 0.15) is 85.5 Å². The van der Waals surface area contributed by atoms with Gasteiger partial charge in [0.05, 0.1) is 60.8 Å². The first-order chi connectivity index (χ1) is 37.0. The van der Waals surface area contributed by atoms with Crippen LogP contribution < -0.4 is 31.9 Å². The number of amides is 6. The molecule has 0 unspecified atom stereocenters. The molecule has 0 fully saturated rings. The molecule has 6 amide bonds. The number of nitrogens with one attached hydrogen (secondary N) is 1. The van der Waals surface area contributed by atoms with Crippen LogP contribution in [0.4, 0.5) is 0 Å². The Balaban J connectivity index is 1.35. The van der Waals surface area contributed by atoms with E-state index in [9.17, 15) is 14.4 Å². The zero-order chi connectivity index (χ0) is 55.6. The van der Waals surface area contributed by atoms with Crippen molar-refractivity contribution < 1.29 is 38.1 Å². The molecule has 4 atom stereocenters. The maximum Gasteiger partial charge on any atom is 0.243 e. The van der Waals surface area contributed by atoms with Crippen molar-refractivity contribution in [1.82, 2.24) is 49.6 Å². The summed E-state index contributed by atoms with van der Waals surface area (Å²) in [5, 5.41) is 12.2. The van der Waals surface area contributed by atoms with Gasteiger partial charge in [0.2, 0.25) is 35.4 Å². The van der Waals surface area contributed by atoms with Gasteiger partial charge in [-0.15, -0.1) is 18.7 Å². The zero-order valence-electron chi connectivity index (χ0n) is 45.1. The Hall–Kier alpha value is -8.14. The lowest BCUT2D eigenvalue weighted by atomic mass is 10.1. The molecule has 0 aliphatic carbocycles. The van der Waals surface area contributed by atoms with Gasteiger partial charge in [-0.2, -0.15) is 0 Å². The molecule has 0 saturated heterocycles. The van der Waals surface area contributed by atoms with Gasteiger partial charge < -0.3 is 47.0 Å². The van der Waals surface area contributed by atoms with Crippen LogP contribution in [0.3, 0.4) is 0 Å². The number of aromatic nitrogens is 6. The highest BCUT2D eigenvalue weighted by atomic mass is 16.2. The highest BCUT2D eigenvalue weighted by molar-refractivity contribution is 5.92. The molecule has 4 aromatic carbocycles. The minimum Gasteiger partial charge on any atom is -0.368 e. The molecule has 408 valence electrons. The second-order valence-corrected chi connectivity index (χ2v) is 19.1. The summed E-state index contributed by atoms with van der Waals surface area (Å²) in [6.45, 7) is 6.66. The average Bonchev–Trinajstić information content (AvgIpc) is 3.98. The number of carbonyl (C=O) groups is 6. The Morgan fingerprint density at radius 1 is 0.494 bits per heavy atom. The molecule has 6 rings (SSSR count). The molecule has 0 aliphatic rings. The van der Waals surface area contributed by atoms with Crippen LogP contribution in [0.25, 0.3) is 0 Å². The topological polar surface area (TPSA) is 252 Å². The fourth-order valence-corrected chi connectivity index (χ4v) is 9.19. The highest BCUT2D eigenvalue weighted by Crippen LogP contribution is 2.27. The number of hydrogen-bond acceptors (Lipinski definition) is 11. The van der Waals surface area contributed by atoms with Crippen LogP contribution in [0.5, 0.6) is 0 Å². The molecule has 77 heavy (non-hydrogen) atoms. The number of benzene rings is 4. The lowest BCUT2D eigenvalue weighted by molar-refractivity contribution is -0.753. The molecular weight excluding hydrogens is 979 g/mol. The summed E-state index contributed by atoms with van der Waals surface area (Å²) < 4.78 is 6.67. The summed E-state index contributed by atoms with van der Waals surface area (Å²) in [7, 11) is 3.52. The van der Waals surface area contributed by atoms with Crippen molar-refractivity contribution >= 4 is 35.4 Å². The number of nitrogens with zero attached hydrogens (tertiary/aromatic N) is 11. The van der Waals surface area contributed by atoms with E-state index in [1.165, 1.54) is 24.5 Å².